The molecule has 4 aromatic rings. The van der Waals surface area contributed by atoms with Crippen molar-refractivity contribution < 1.29 is 18.3 Å². The Bertz CT molecular complexity index is 1200. The van der Waals surface area contributed by atoms with Crippen molar-refractivity contribution in [3.63, 3.8) is 0 Å². The predicted octanol–water partition coefficient (Wildman–Crippen LogP) is 4.46. The van der Waals surface area contributed by atoms with Gasteiger partial charge in [0.2, 0.25) is 0 Å². The van der Waals surface area contributed by atoms with E-state index in [9.17, 15) is 18.3 Å². The number of halogens is 3. The average molecular weight is 402 g/mol. The molecule has 0 unspecified atom stereocenters. The molecule has 0 radical (unpaired) electrons. The lowest BCUT2D eigenvalue weighted by Gasteiger charge is -2.43. The molecular weight excluding hydrogens is 389 g/mol. The minimum absolute atomic E-state index is 0.313. The first kappa shape index (κ1) is 17.4. The third kappa shape index (κ3) is 2.82. The van der Waals surface area contributed by atoms with Crippen LogP contribution in [-0.4, -0.2) is 31.2 Å². The maximum atomic E-state index is 12.8. The van der Waals surface area contributed by atoms with Crippen LogP contribution in [0.3, 0.4) is 0 Å². The standard InChI is InChI=1S/C19H13F3N4OS/c20-19(21,22)12-7-18(27,8-12)15-6-11-9-25-16(26-17(11)28-15)10-1-2-13-14(5-10)24-4-3-23-13/h1-6,9,12,27H,7-8H2. The Hall–Kier alpha value is -2.65. The van der Waals surface area contributed by atoms with Gasteiger partial charge in [0.1, 0.15) is 10.4 Å². The molecule has 3 heterocycles. The lowest BCUT2D eigenvalue weighted by Crippen LogP contribution is -2.46. The van der Waals surface area contributed by atoms with Crippen molar-refractivity contribution in [2.75, 3.05) is 0 Å². The molecule has 0 saturated heterocycles. The van der Waals surface area contributed by atoms with Crippen molar-refractivity contribution in [3.05, 3.63) is 47.7 Å². The van der Waals surface area contributed by atoms with Crippen LogP contribution >= 0.6 is 11.3 Å². The largest absolute Gasteiger partial charge is 0.392 e. The van der Waals surface area contributed by atoms with Gasteiger partial charge in [-0.05, 0) is 37.1 Å². The van der Waals surface area contributed by atoms with Gasteiger partial charge in [-0.25, -0.2) is 9.97 Å². The van der Waals surface area contributed by atoms with E-state index in [0.29, 0.717) is 20.9 Å². The van der Waals surface area contributed by atoms with Crippen molar-refractivity contribution >= 4 is 32.6 Å². The molecule has 1 saturated carbocycles. The Morgan fingerprint density at radius 1 is 1.04 bits per heavy atom. The number of alkyl halides is 3. The van der Waals surface area contributed by atoms with Gasteiger partial charge in [-0.3, -0.25) is 9.97 Å². The average Bonchev–Trinajstić information content (AvgIpc) is 3.08. The second-order valence-corrected chi connectivity index (χ2v) is 8.03. The monoisotopic (exact) mass is 402 g/mol. The van der Waals surface area contributed by atoms with E-state index < -0.39 is 17.7 Å². The highest BCUT2D eigenvalue weighted by Gasteiger charge is 2.56. The number of nitrogens with zero attached hydrogens (tertiary/aromatic N) is 4. The van der Waals surface area contributed by atoms with Gasteiger partial charge in [0.05, 0.1) is 17.0 Å². The van der Waals surface area contributed by atoms with E-state index in [0.717, 1.165) is 16.6 Å². The van der Waals surface area contributed by atoms with Crippen LogP contribution in [0.15, 0.2) is 42.9 Å². The highest BCUT2D eigenvalue weighted by atomic mass is 32.1. The zero-order valence-electron chi connectivity index (χ0n) is 14.3. The molecule has 142 valence electrons. The van der Waals surface area contributed by atoms with Crippen LogP contribution in [0.5, 0.6) is 0 Å². The number of benzene rings is 1. The molecule has 3 aromatic heterocycles. The highest BCUT2D eigenvalue weighted by molar-refractivity contribution is 7.18. The van der Waals surface area contributed by atoms with E-state index in [1.807, 2.05) is 18.2 Å². The first-order valence-corrected chi connectivity index (χ1v) is 9.41. The van der Waals surface area contributed by atoms with Crippen molar-refractivity contribution in [3.8, 4) is 11.4 Å². The summed E-state index contributed by atoms with van der Waals surface area (Å²) in [6, 6.07) is 7.20. The second kappa shape index (κ2) is 5.92. The van der Waals surface area contributed by atoms with Crippen LogP contribution in [0, 0.1) is 5.92 Å². The van der Waals surface area contributed by atoms with Crippen LogP contribution in [0.4, 0.5) is 13.2 Å². The smallest absolute Gasteiger partial charge is 0.384 e. The Morgan fingerprint density at radius 3 is 2.54 bits per heavy atom. The van der Waals surface area contributed by atoms with Gasteiger partial charge in [0.25, 0.3) is 0 Å². The number of aliphatic hydroxyl groups is 1. The van der Waals surface area contributed by atoms with E-state index in [1.54, 1.807) is 24.7 Å². The Morgan fingerprint density at radius 2 is 1.79 bits per heavy atom. The Labute approximate surface area is 160 Å². The van der Waals surface area contributed by atoms with Crippen LogP contribution < -0.4 is 0 Å². The van der Waals surface area contributed by atoms with Gasteiger partial charge in [-0.2, -0.15) is 13.2 Å². The van der Waals surface area contributed by atoms with Crippen LogP contribution in [0.2, 0.25) is 0 Å². The molecule has 9 heteroatoms. The van der Waals surface area contributed by atoms with E-state index in [4.69, 9.17) is 0 Å². The first-order valence-electron chi connectivity index (χ1n) is 8.59. The van der Waals surface area contributed by atoms with E-state index >= 15 is 0 Å². The molecule has 0 atom stereocenters. The number of hydrogen-bond acceptors (Lipinski definition) is 6. The molecule has 1 fully saturated rings. The summed E-state index contributed by atoms with van der Waals surface area (Å²) < 4.78 is 38.3. The van der Waals surface area contributed by atoms with Crippen molar-refractivity contribution in [1.82, 2.24) is 19.9 Å². The lowest BCUT2D eigenvalue weighted by atomic mass is 9.70. The summed E-state index contributed by atoms with van der Waals surface area (Å²) in [6.45, 7) is 0. The molecule has 0 spiro atoms. The quantitative estimate of drug-likeness (QED) is 0.536. The number of hydrogen-bond donors (Lipinski definition) is 1. The molecule has 1 aromatic carbocycles. The summed E-state index contributed by atoms with van der Waals surface area (Å²) in [7, 11) is 0. The molecular formula is C19H13F3N4OS. The second-order valence-electron chi connectivity index (χ2n) is 7.00. The summed E-state index contributed by atoms with van der Waals surface area (Å²) >= 11 is 1.21. The molecule has 5 rings (SSSR count). The van der Waals surface area contributed by atoms with E-state index in [-0.39, 0.29) is 12.8 Å². The fraction of sp³-hybridized carbons (Fsp3) is 0.263. The molecule has 0 amide bonds. The Kier molecular flexibility index (Phi) is 3.69. The van der Waals surface area contributed by atoms with Crippen molar-refractivity contribution in [2.24, 2.45) is 5.92 Å². The van der Waals surface area contributed by atoms with E-state index in [1.165, 1.54) is 11.3 Å². The number of aromatic nitrogens is 4. The summed E-state index contributed by atoms with van der Waals surface area (Å²) in [6.07, 6.45) is -0.0436. The summed E-state index contributed by atoms with van der Waals surface area (Å²) in [5.74, 6) is -0.967. The molecule has 28 heavy (non-hydrogen) atoms. The topological polar surface area (TPSA) is 71.8 Å². The minimum Gasteiger partial charge on any atom is -0.384 e. The van der Waals surface area contributed by atoms with Crippen molar-refractivity contribution in [2.45, 2.75) is 24.6 Å². The van der Waals surface area contributed by atoms with Crippen LogP contribution in [0.1, 0.15) is 17.7 Å². The van der Waals surface area contributed by atoms with Gasteiger partial charge in [0, 0.05) is 34.4 Å². The predicted molar refractivity (Wildman–Crippen MR) is 98.6 cm³/mol. The van der Waals surface area contributed by atoms with Gasteiger partial charge in [-0.15, -0.1) is 11.3 Å². The SMILES string of the molecule is OC1(c2cc3cnc(-c4ccc5nccnc5c4)nc3s2)CC(C(F)(F)F)C1. The minimum atomic E-state index is -4.27. The molecule has 0 aliphatic heterocycles. The summed E-state index contributed by atoms with van der Waals surface area (Å²) in [4.78, 5) is 18.5. The third-order valence-electron chi connectivity index (χ3n) is 5.09. The van der Waals surface area contributed by atoms with Gasteiger partial charge in [0.15, 0.2) is 5.82 Å². The van der Waals surface area contributed by atoms with Crippen molar-refractivity contribution in [1.29, 1.82) is 0 Å². The number of thiophene rings is 1. The fourth-order valence-corrected chi connectivity index (χ4v) is 4.60. The third-order valence-corrected chi connectivity index (χ3v) is 6.33. The zero-order chi connectivity index (χ0) is 19.5. The molecule has 0 bridgehead atoms. The van der Waals surface area contributed by atoms with Gasteiger partial charge in [-0.1, -0.05) is 0 Å². The lowest BCUT2D eigenvalue weighted by molar-refractivity contribution is -0.241. The number of rotatable bonds is 2. The normalized spacial score (nSPS) is 22.5. The van der Waals surface area contributed by atoms with Crippen LogP contribution in [-0.2, 0) is 5.60 Å². The van der Waals surface area contributed by atoms with Crippen LogP contribution in [0.25, 0.3) is 32.6 Å². The zero-order valence-corrected chi connectivity index (χ0v) is 15.1. The Balaban J connectivity index is 1.48. The number of fused-ring (bicyclic) bond motifs is 2. The maximum Gasteiger partial charge on any atom is 0.392 e. The molecule has 1 aliphatic carbocycles. The highest BCUT2D eigenvalue weighted by Crippen LogP contribution is 2.54. The molecule has 1 N–H and O–H groups in total. The summed E-state index contributed by atoms with van der Waals surface area (Å²) in [5, 5.41) is 11.3. The maximum absolute atomic E-state index is 12.8. The fourth-order valence-electron chi connectivity index (χ4n) is 3.49. The summed E-state index contributed by atoms with van der Waals surface area (Å²) in [5.41, 5.74) is 0.809. The molecule has 1 aliphatic rings. The van der Waals surface area contributed by atoms with Gasteiger partial charge >= 0.3 is 6.18 Å². The molecule has 5 nitrogen and oxygen atoms in total. The van der Waals surface area contributed by atoms with E-state index in [2.05, 4.69) is 19.9 Å². The first-order chi connectivity index (χ1) is 13.3. The van der Waals surface area contributed by atoms with Gasteiger partial charge < -0.3 is 5.11 Å².